The largest absolute Gasteiger partial charge is 0.497 e. The molecule has 0 saturated carbocycles. The molecule has 7 nitrogen and oxygen atoms in total. The van der Waals surface area contributed by atoms with Crippen molar-refractivity contribution >= 4 is 23.2 Å². The van der Waals surface area contributed by atoms with E-state index in [1.165, 1.54) is 10.6 Å². The Bertz CT molecular complexity index is 813. The number of piperazine rings is 1. The van der Waals surface area contributed by atoms with Gasteiger partial charge in [0.15, 0.2) is 6.04 Å². The van der Waals surface area contributed by atoms with Crippen LogP contribution in [0.4, 0.5) is 11.4 Å². The smallest absolute Gasteiger partial charge is 0.282 e. The lowest BCUT2D eigenvalue weighted by Crippen LogP contribution is -3.19. The number of rotatable bonds is 6. The molecule has 0 aromatic heterocycles. The predicted octanol–water partition coefficient (Wildman–Crippen LogP) is 0.526. The summed E-state index contributed by atoms with van der Waals surface area (Å²) in [6.45, 7) is 5.52. The van der Waals surface area contributed by atoms with Gasteiger partial charge in [0.05, 0.1) is 33.3 Å². The van der Waals surface area contributed by atoms with Crippen molar-refractivity contribution in [1.29, 1.82) is 0 Å². The molecule has 28 heavy (non-hydrogen) atoms. The molecule has 148 valence electrons. The van der Waals surface area contributed by atoms with Gasteiger partial charge < -0.3 is 25.6 Å². The molecule has 1 fully saturated rings. The molecule has 2 amide bonds. The van der Waals surface area contributed by atoms with Crippen LogP contribution in [0, 0.1) is 0 Å². The second-order valence-electron chi connectivity index (χ2n) is 7.00. The standard InChI is InChI=1S/C21H26N4O3/c1-15(21(27)23-17-5-3-16(4-6-17)20(22)26)24-11-13-25(14-12-24)18-7-9-19(28-2)10-8-18/h3-10,15H,11-14H2,1-2H3,(H2,22,26)(H,23,27)/p+1/t15-/m0/s1. The van der Waals surface area contributed by atoms with Crippen LogP contribution in [0.2, 0.25) is 0 Å². The number of carbonyl (C=O) groups is 2. The van der Waals surface area contributed by atoms with Crippen LogP contribution >= 0.6 is 0 Å². The van der Waals surface area contributed by atoms with Gasteiger partial charge in [0.25, 0.3) is 5.91 Å². The summed E-state index contributed by atoms with van der Waals surface area (Å²) in [6, 6.07) is 14.5. The van der Waals surface area contributed by atoms with E-state index in [4.69, 9.17) is 10.5 Å². The summed E-state index contributed by atoms with van der Waals surface area (Å²) in [5.41, 5.74) is 7.50. The third kappa shape index (κ3) is 4.61. The number of carbonyl (C=O) groups excluding carboxylic acids is 2. The van der Waals surface area contributed by atoms with Crippen LogP contribution in [0.1, 0.15) is 17.3 Å². The molecule has 1 heterocycles. The number of hydrogen-bond donors (Lipinski definition) is 3. The van der Waals surface area contributed by atoms with Gasteiger partial charge in [-0.05, 0) is 55.5 Å². The van der Waals surface area contributed by atoms with Crippen LogP contribution in [-0.4, -0.2) is 51.1 Å². The van der Waals surface area contributed by atoms with Crippen LogP contribution < -0.4 is 25.6 Å². The zero-order valence-corrected chi connectivity index (χ0v) is 16.3. The van der Waals surface area contributed by atoms with Gasteiger partial charge in [-0.3, -0.25) is 9.59 Å². The van der Waals surface area contributed by atoms with Crippen molar-refractivity contribution in [2.45, 2.75) is 13.0 Å². The van der Waals surface area contributed by atoms with E-state index in [1.807, 2.05) is 19.1 Å². The lowest BCUT2D eigenvalue weighted by atomic mass is 10.1. The molecular formula is C21H27N4O3+. The lowest BCUT2D eigenvalue weighted by molar-refractivity contribution is -0.914. The summed E-state index contributed by atoms with van der Waals surface area (Å²) in [5.74, 6) is 0.340. The summed E-state index contributed by atoms with van der Waals surface area (Å²) < 4.78 is 5.21. The molecule has 7 heteroatoms. The Hall–Kier alpha value is -3.06. The summed E-state index contributed by atoms with van der Waals surface area (Å²) in [4.78, 5) is 27.3. The highest BCUT2D eigenvalue weighted by molar-refractivity contribution is 5.95. The van der Waals surface area contributed by atoms with E-state index in [9.17, 15) is 9.59 Å². The molecule has 2 aromatic carbocycles. The van der Waals surface area contributed by atoms with Gasteiger partial charge in [-0.15, -0.1) is 0 Å². The topological polar surface area (TPSA) is 89.1 Å². The minimum atomic E-state index is -0.481. The zero-order chi connectivity index (χ0) is 20.1. The molecule has 1 aliphatic heterocycles. The van der Waals surface area contributed by atoms with Gasteiger partial charge in [0.1, 0.15) is 5.75 Å². The van der Waals surface area contributed by atoms with Crippen LogP contribution in [-0.2, 0) is 4.79 Å². The number of primary amides is 1. The highest BCUT2D eigenvalue weighted by atomic mass is 16.5. The zero-order valence-electron chi connectivity index (χ0n) is 16.3. The Morgan fingerprint density at radius 1 is 1.07 bits per heavy atom. The first-order valence-corrected chi connectivity index (χ1v) is 9.42. The third-order valence-corrected chi connectivity index (χ3v) is 5.29. The van der Waals surface area contributed by atoms with E-state index < -0.39 is 5.91 Å². The average Bonchev–Trinajstić information content (AvgIpc) is 2.73. The van der Waals surface area contributed by atoms with Gasteiger partial charge in [-0.25, -0.2) is 0 Å². The molecule has 0 radical (unpaired) electrons. The fourth-order valence-electron chi connectivity index (χ4n) is 3.43. The molecule has 0 unspecified atom stereocenters. The Morgan fingerprint density at radius 3 is 2.21 bits per heavy atom. The Balaban J connectivity index is 1.52. The number of ether oxygens (including phenoxy) is 1. The molecule has 3 rings (SSSR count). The third-order valence-electron chi connectivity index (χ3n) is 5.29. The first kappa shape index (κ1) is 19.7. The van der Waals surface area contributed by atoms with Gasteiger partial charge >= 0.3 is 0 Å². The number of nitrogens with two attached hydrogens (primary N) is 1. The number of amides is 2. The number of nitrogens with one attached hydrogen (secondary N) is 2. The normalized spacial score (nSPS) is 15.7. The number of anilines is 2. The van der Waals surface area contributed by atoms with Crippen molar-refractivity contribution < 1.29 is 19.2 Å². The van der Waals surface area contributed by atoms with Crippen LogP contribution in [0.3, 0.4) is 0 Å². The van der Waals surface area contributed by atoms with Crippen LogP contribution in [0.25, 0.3) is 0 Å². The van der Waals surface area contributed by atoms with Crippen molar-refractivity contribution in [3.8, 4) is 5.75 Å². The van der Waals surface area contributed by atoms with E-state index in [1.54, 1.807) is 31.4 Å². The first-order valence-electron chi connectivity index (χ1n) is 9.42. The molecule has 4 N–H and O–H groups in total. The van der Waals surface area contributed by atoms with E-state index in [0.29, 0.717) is 11.3 Å². The molecule has 1 aliphatic rings. The average molecular weight is 383 g/mol. The minimum absolute atomic E-state index is 0.0280. The molecule has 1 saturated heterocycles. The number of nitrogens with zero attached hydrogens (tertiary/aromatic N) is 1. The first-order chi connectivity index (χ1) is 13.5. The molecular weight excluding hydrogens is 356 g/mol. The maximum absolute atomic E-state index is 12.6. The predicted molar refractivity (Wildman–Crippen MR) is 109 cm³/mol. The Morgan fingerprint density at radius 2 is 1.68 bits per heavy atom. The molecule has 0 spiro atoms. The lowest BCUT2D eigenvalue weighted by Gasteiger charge is -2.36. The van der Waals surface area contributed by atoms with E-state index in [2.05, 4.69) is 22.3 Å². The molecule has 0 aliphatic carbocycles. The van der Waals surface area contributed by atoms with Gasteiger partial charge in [0, 0.05) is 16.9 Å². The summed E-state index contributed by atoms with van der Waals surface area (Å²) in [7, 11) is 1.66. The molecule has 0 bridgehead atoms. The SMILES string of the molecule is COc1ccc(N2CC[NH+]([C@@H](C)C(=O)Nc3ccc(C(N)=O)cc3)CC2)cc1. The van der Waals surface area contributed by atoms with Gasteiger partial charge in [0.2, 0.25) is 5.91 Å². The van der Waals surface area contributed by atoms with E-state index in [-0.39, 0.29) is 11.9 Å². The molecule has 2 aromatic rings. The quantitative estimate of drug-likeness (QED) is 0.679. The van der Waals surface area contributed by atoms with E-state index >= 15 is 0 Å². The minimum Gasteiger partial charge on any atom is -0.497 e. The second kappa shape index (κ2) is 8.75. The summed E-state index contributed by atoms with van der Waals surface area (Å²) in [5, 5.41) is 2.92. The second-order valence-corrected chi connectivity index (χ2v) is 7.00. The highest BCUT2D eigenvalue weighted by Gasteiger charge is 2.29. The highest BCUT2D eigenvalue weighted by Crippen LogP contribution is 2.19. The number of quaternary nitrogens is 1. The van der Waals surface area contributed by atoms with Crippen molar-refractivity contribution in [3.05, 3.63) is 54.1 Å². The van der Waals surface area contributed by atoms with Crippen LogP contribution in [0.15, 0.2) is 48.5 Å². The van der Waals surface area contributed by atoms with Gasteiger partial charge in [-0.2, -0.15) is 0 Å². The number of hydrogen-bond acceptors (Lipinski definition) is 4. The summed E-state index contributed by atoms with van der Waals surface area (Å²) >= 11 is 0. The maximum Gasteiger partial charge on any atom is 0.282 e. The summed E-state index contributed by atoms with van der Waals surface area (Å²) in [6.07, 6.45) is 0. The van der Waals surface area contributed by atoms with Crippen LogP contribution in [0.5, 0.6) is 5.75 Å². The fourth-order valence-corrected chi connectivity index (χ4v) is 3.43. The molecule has 1 atom stereocenters. The monoisotopic (exact) mass is 383 g/mol. The van der Waals surface area contributed by atoms with Crippen molar-refractivity contribution in [2.24, 2.45) is 5.73 Å². The van der Waals surface area contributed by atoms with Crippen molar-refractivity contribution in [3.63, 3.8) is 0 Å². The van der Waals surface area contributed by atoms with E-state index in [0.717, 1.165) is 31.9 Å². The van der Waals surface area contributed by atoms with Gasteiger partial charge in [-0.1, -0.05) is 0 Å². The van der Waals surface area contributed by atoms with Crippen molar-refractivity contribution in [2.75, 3.05) is 43.5 Å². The van der Waals surface area contributed by atoms with Crippen molar-refractivity contribution in [1.82, 2.24) is 0 Å². The number of benzene rings is 2. The maximum atomic E-state index is 12.6. The number of methoxy groups -OCH3 is 1. The Kier molecular flexibility index (Phi) is 6.16. The Labute approximate surface area is 165 Å². The fraction of sp³-hybridized carbons (Fsp3) is 0.333.